The van der Waals surface area contributed by atoms with E-state index in [-0.39, 0.29) is 89.9 Å². The summed E-state index contributed by atoms with van der Waals surface area (Å²) in [6, 6.07) is 11.7. The Kier molecular flexibility index (Phi) is 27.1. The molecule has 0 amide bonds. The van der Waals surface area contributed by atoms with Crippen molar-refractivity contribution in [2.75, 3.05) is 24.1 Å². The van der Waals surface area contributed by atoms with Crippen LogP contribution in [0, 0.1) is 55.4 Å². The third-order valence-electron chi connectivity index (χ3n) is 12.8. The van der Waals surface area contributed by atoms with Gasteiger partial charge in [0.2, 0.25) is 32.8 Å². The molecule has 8 heterocycles. The topological polar surface area (TPSA) is 257 Å². The molecule has 10 rings (SSSR count). The fourth-order valence-electron chi connectivity index (χ4n) is 8.48. The second kappa shape index (κ2) is 33.0. The van der Waals surface area contributed by atoms with Gasteiger partial charge < -0.3 is 11.1 Å². The Labute approximate surface area is 530 Å². The van der Waals surface area contributed by atoms with Crippen molar-refractivity contribution >= 4 is 50.9 Å². The zero-order valence-electron chi connectivity index (χ0n) is 51.0. The predicted molar refractivity (Wildman–Crippen MR) is 320 cm³/mol. The molecule has 0 aromatic carbocycles. The number of nitrogens with zero attached hydrogens (tertiary/aromatic N) is 15. The van der Waals surface area contributed by atoms with E-state index in [1.165, 1.54) is 45.0 Å². The monoisotopic (exact) mass is 1370 g/mol. The van der Waals surface area contributed by atoms with Crippen LogP contribution in [0.3, 0.4) is 0 Å². The molecule has 0 spiro atoms. The lowest BCUT2D eigenvalue weighted by atomic mass is 9.92. The van der Waals surface area contributed by atoms with E-state index >= 15 is 0 Å². The number of aromatic amines is 1. The highest BCUT2D eigenvalue weighted by Gasteiger charge is 2.36. The van der Waals surface area contributed by atoms with Crippen molar-refractivity contribution in [3.05, 3.63) is 122 Å². The molecule has 498 valence electrons. The van der Waals surface area contributed by atoms with Crippen molar-refractivity contribution in [2.45, 2.75) is 172 Å². The summed E-state index contributed by atoms with van der Waals surface area (Å²) < 4.78 is 180. The number of hydrogen-bond acceptors (Lipinski definition) is 18. The first-order chi connectivity index (χ1) is 42.4. The van der Waals surface area contributed by atoms with Gasteiger partial charge in [-0.1, -0.05) is 35.1 Å². The minimum absolute atomic E-state index is 0.00123. The van der Waals surface area contributed by atoms with E-state index in [4.69, 9.17) is 17.3 Å². The van der Waals surface area contributed by atoms with E-state index in [0.29, 0.717) is 35.2 Å². The third-order valence-corrected chi connectivity index (χ3v) is 14.9. The van der Waals surface area contributed by atoms with Gasteiger partial charge in [-0.15, -0.1) is 0 Å². The smallest absolute Gasteiger partial charge is 0.280 e. The van der Waals surface area contributed by atoms with Gasteiger partial charge in [-0.2, -0.15) is 30.4 Å². The van der Waals surface area contributed by atoms with Crippen LogP contribution in [-0.4, -0.2) is 131 Å². The lowest BCUT2D eigenvalue weighted by Gasteiger charge is -2.28. The molecule has 2 fully saturated rings. The number of nitrogens with two attached hydrogens (primary N) is 1. The van der Waals surface area contributed by atoms with Crippen molar-refractivity contribution in [1.29, 1.82) is 0 Å². The first-order valence-corrected chi connectivity index (χ1v) is 32.2. The molecular weight excluding hydrogens is 1300 g/mol. The quantitative estimate of drug-likeness (QED) is 0.0444. The number of alkyl halides is 12. The van der Waals surface area contributed by atoms with Crippen LogP contribution in [0.25, 0.3) is 17.5 Å². The third kappa shape index (κ3) is 23.6. The summed E-state index contributed by atoms with van der Waals surface area (Å²) in [5.41, 5.74) is 10.4. The van der Waals surface area contributed by atoms with Crippen LogP contribution >= 0.6 is 35.1 Å². The van der Waals surface area contributed by atoms with E-state index in [0.717, 1.165) is 52.6 Å². The predicted octanol–water partition coefficient (Wildman–Crippen LogP) is 14.1. The standard InChI is InChI=1S/C16H19F4N5.C11H12F2N4O2S.C11H12F2N4S.C6H5ClF2N2S.C6H11F2N.C5H8N2/c1-9-7-10(2)25(24-9)13-8-12(14(17)18)22-15(23-13)21-11-3-5-16(19,20)6-4-11;1-6-4-7(2)17(16-6)9-5-8(10(12)13)14-11(15-9)20(3,18)19;1-6-4-7(2)17(16-6)9-5-8(10(12)13)14-11(15-9)18-3;1-12-6-10-3(5(8)9)2-4(7)11-6;7-6(8)3-1-5(9)2-4-6;1-4-3-5(2)7-6-4/h7-8,11,14H,3-6H2,1-2H3,(H,21,22,23);4-5,10H,1-3H3;4-5,10H,1-3H3;2,5H,1H3;5H,1-4,9H2;3H,1-2H3,(H,6,7). The van der Waals surface area contributed by atoms with Crippen LogP contribution in [0.1, 0.15) is 145 Å². The zero-order chi connectivity index (χ0) is 67.9. The summed E-state index contributed by atoms with van der Waals surface area (Å²) in [5.74, 6) is -4.47. The van der Waals surface area contributed by atoms with Gasteiger partial charge in [-0.25, -0.2) is 105 Å². The van der Waals surface area contributed by atoms with Gasteiger partial charge in [0.15, 0.2) is 27.8 Å². The second-order valence-electron chi connectivity index (χ2n) is 20.8. The SMILES string of the molecule is CSc1nc(C(F)F)cc(-n2nc(C)cc2C)n1.CSc1nc(Cl)cc(C(F)F)n1.Cc1cc(C)[nH]n1.Cc1cc(C)n(-c2cc(C(F)F)nc(NC3CCC(F)(F)CC3)n2)n1.Cc1cc(C)n(-c2cc(C(F)F)nc(S(C)(=O)=O)n2)n1.NC1CCC(F)(F)CC1. The summed E-state index contributed by atoms with van der Waals surface area (Å²) in [6.07, 6.45) is -5.64. The molecule has 8 aromatic rings. The first kappa shape index (κ1) is 74.7. The average Bonchev–Trinajstić information content (AvgIpc) is 1.83. The number of H-pyrrole nitrogens is 1. The highest BCUT2D eigenvalue weighted by Crippen LogP contribution is 2.35. The van der Waals surface area contributed by atoms with Crippen LogP contribution in [0.4, 0.5) is 58.6 Å². The van der Waals surface area contributed by atoms with Crippen LogP contribution in [-0.2, 0) is 9.84 Å². The lowest BCUT2D eigenvalue weighted by molar-refractivity contribution is -0.0377. The Morgan fingerprint density at radius 3 is 1.27 bits per heavy atom. The van der Waals surface area contributed by atoms with Crippen LogP contribution in [0.5, 0.6) is 0 Å². The van der Waals surface area contributed by atoms with Crippen molar-refractivity contribution in [3.63, 3.8) is 0 Å². The number of hydrogen-bond donors (Lipinski definition) is 3. The Morgan fingerprint density at radius 1 is 0.538 bits per heavy atom. The molecule has 0 unspecified atom stereocenters. The number of halogens is 13. The van der Waals surface area contributed by atoms with Crippen molar-refractivity contribution in [2.24, 2.45) is 5.73 Å². The maximum Gasteiger partial charge on any atom is 0.280 e. The summed E-state index contributed by atoms with van der Waals surface area (Å²) >= 11 is 7.87. The van der Waals surface area contributed by atoms with E-state index in [1.807, 2.05) is 39.8 Å². The molecule has 0 aliphatic heterocycles. The number of nitrogens with one attached hydrogen (secondary N) is 2. The maximum atomic E-state index is 13.2. The summed E-state index contributed by atoms with van der Waals surface area (Å²) in [6.45, 7) is 14.7. The molecule has 91 heavy (non-hydrogen) atoms. The normalized spacial score (nSPS) is 14.7. The van der Waals surface area contributed by atoms with Crippen molar-refractivity contribution in [3.8, 4) is 17.5 Å². The number of rotatable bonds is 12. The van der Waals surface area contributed by atoms with Crippen LogP contribution in [0.2, 0.25) is 5.15 Å². The Hall–Kier alpha value is -6.98. The molecule has 2 saturated carbocycles. The van der Waals surface area contributed by atoms with E-state index in [1.54, 1.807) is 57.0 Å². The number of aryl methyl sites for hydroxylation is 8. The molecule has 36 heteroatoms. The molecule has 2 aliphatic rings. The van der Waals surface area contributed by atoms with Gasteiger partial charge in [-0.3, -0.25) is 5.10 Å². The van der Waals surface area contributed by atoms with Gasteiger partial charge >= 0.3 is 0 Å². The minimum Gasteiger partial charge on any atom is -0.351 e. The highest BCUT2D eigenvalue weighted by atomic mass is 35.5. The summed E-state index contributed by atoms with van der Waals surface area (Å²) in [7, 11) is -3.79. The largest absolute Gasteiger partial charge is 0.351 e. The van der Waals surface area contributed by atoms with Crippen molar-refractivity contribution < 1.29 is 61.1 Å². The molecule has 4 N–H and O–H groups in total. The Balaban J connectivity index is 0.000000207. The second-order valence-corrected chi connectivity index (χ2v) is 24.6. The van der Waals surface area contributed by atoms with E-state index in [2.05, 4.69) is 70.7 Å². The Morgan fingerprint density at radius 2 is 0.923 bits per heavy atom. The van der Waals surface area contributed by atoms with Crippen molar-refractivity contribution in [1.82, 2.24) is 79.4 Å². The van der Waals surface area contributed by atoms with Gasteiger partial charge in [-0.05, 0) is 118 Å². The minimum atomic E-state index is -3.79. The van der Waals surface area contributed by atoms with Crippen LogP contribution in [0.15, 0.2) is 64.0 Å². The molecular formula is C55H67ClF12N18O2S3. The van der Waals surface area contributed by atoms with Gasteiger partial charge in [0, 0.05) is 91.1 Å². The maximum absolute atomic E-state index is 13.2. The molecule has 0 bridgehead atoms. The Bertz CT molecular complexity index is 3740. The number of thioether (sulfide) groups is 2. The van der Waals surface area contributed by atoms with Gasteiger partial charge in [0.1, 0.15) is 27.9 Å². The number of sulfone groups is 1. The average molecular weight is 1370 g/mol. The molecule has 0 atom stereocenters. The van der Waals surface area contributed by atoms with Gasteiger partial charge in [0.05, 0.1) is 22.8 Å². The van der Waals surface area contributed by atoms with Gasteiger partial charge in [0.25, 0.3) is 25.7 Å². The van der Waals surface area contributed by atoms with E-state index < -0.39 is 63.9 Å². The molecule has 0 saturated heterocycles. The fourth-order valence-corrected chi connectivity index (χ4v) is 10.0. The molecule has 2 aliphatic carbocycles. The zero-order valence-corrected chi connectivity index (χ0v) is 54.2. The highest BCUT2D eigenvalue weighted by molar-refractivity contribution is 7.98. The summed E-state index contributed by atoms with van der Waals surface area (Å²) in [4.78, 5) is 30.5. The molecule has 0 radical (unpaired) electrons. The number of aromatic nitrogens is 16. The number of anilines is 1. The lowest BCUT2D eigenvalue weighted by Crippen LogP contribution is -2.32. The molecule has 20 nitrogen and oxygen atoms in total. The van der Waals surface area contributed by atoms with Crippen LogP contribution < -0.4 is 11.1 Å². The first-order valence-electron chi connectivity index (χ1n) is 27.4. The fraction of sp³-hybridized carbons (Fsp3) is 0.491. The molecule has 8 aromatic heterocycles. The summed E-state index contributed by atoms with van der Waals surface area (Å²) in [5, 5.41) is 22.2. The van der Waals surface area contributed by atoms with E-state index in [9.17, 15) is 61.1 Å².